The molecule has 0 aromatic heterocycles. The summed E-state index contributed by atoms with van der Waals surface area (Å²) in [6, 6.07) is 12.8. The van der Waals surface area contributed by atoms with Gasteiger partial charge in [0.15, 0.2) is 17.3 Å². The molecule has 1 heterocycles. The van der Waals surface area contributed by atoms with E-state index >= 15 is 0 Å². The molecule has 1 aliphatic rings. The van der Waals surface area contributed by atoms with E-state index in [1.807, 2.05) is 30.3 Å². The van der Waals surface area contributed by atoms with Crippen LogP contribution in [-0.2, 0) is 0 Å². The number of ether oxygens (including phenoxy) is 3. The van der Waals surface area contributed by atoms with Crippen LogP contribution in [0, 0.1) is 0 Å². The van der Waals surface area contributed by atoms with Crippen LogP contribution in [0.1, 0.15) is 15.9 Å². The average molecular weight is 357 g/mol. The molecule has 0 spiro atoms. The molecule has 0 aliphatic carbocycles. The summed E-state index contributed by atoms with van der Waals surface area (Å²) in [4.78, 5) is 17.5. The molecule has 0 bridgehead atoms. The first-order valence-corrected chi connectivity index (χ1v) is 8.76. The SMILES string of the molecule is COc1cc(C(=O)[C@@H]2CSC(c3ccccc3)=N2)cc(OC)c1OC. The van der Waals surface area contributed by atoms with E-state index in [2.05, 4.69) is 4.99 Å². The predicted molar refractivity (Wildman–Crippen MR) is 99.7 cm³/mol. The maximum atomic E-state index is 12.9. The van der Waals surface area contributed by atoms with Gasteiger partial charge < -0.3 is 14.2 Å². The van der Waals surface area contributed by atoms with Gasteiger partial charge in [-0.2, -0.15) is 0 Å². The van der Waals surface area contributed by atoms with Gasteiger partial charge in [0.05, 0.1) is 26.4 Å². The Kier molecular flexibility index (Phi) is 5.28. The summed E-state index contributed by atoms with van der Waals surface area (Å²) < 4.78 is 15.9. The first kappa shape index (κ1) is 17.4. The Labute approximate surface area is 151 Å². The third kappa shape index (κ3) is 3.49. The number of hydrogen-bond donors (Lipinski definition) is 0. The van der Waals surface area contributed by atoms with Gasteiger partial charge in [-0.1, -0.05) is 30.3 Å². The maximum absolute atomic E-state index is 12.9. The molecule has 1 atom stereocenters. The lowest BCUT2D eigenvalue weighted by Gasteiger charge is -2.14. The van der Waals surface area contributed by atoms with Gasteiger partial charge in [0, 0.05) is 16.9 Å². The highest BCUT2D eigenvalue weighted by Crippen LogP contribution is 2.39. The van der Waals surface area contributed by atoms with Crippen LogP contribution in [-0.4, -0.2) is 44.0 Å². The van der Waals surface area contributed by atoms with Crippen molar-refractivity contribution in [1.82, 2.24) is 0 Å². The van der Waals surface area contributed by atoms with Gasteiger partial charge in [0.25, 0.3) is 0 Å². The third-order valence-electron chi connectivity index (χ3n) is 3.92. The van der Waals surface area contributed by atoms with E-state index in [1.54, 1.807) is 23.9 Å². The summed E-state index contributed by atoms with van der Waals surface area (Å²) in [5.41, 5.74) is 1.53. The van der Waals surface area contributed by atoms with E-state index in [9.17, 15) is 4.79 Å². The largest absolute Gasteiger partial charge is 0.493 e. The van der Waals surface area contributed by atoms with Crippen LogP contribution in [0.15, 0.2) is 47.5 Å². The van der Waals surface area contributed by atoms with Crippen molar-refractivity contribution in [2.45, 2.75) is 6.04 Å². The molecule has 0 saturated carbocycles. The Morgan fingerprint density at radius 1 is 1.04 bits per heavy atom. The number of carbonyl (C=O) groups is 1. The zero-order valence-corrected chi connectivity index (χ0v) is 15.1. The van der Waals surface area contributed by atoms with Crippen molar-refractivity contribution in [2.24, 2.45) is 4.99 Å². The summed E-state index contributed by atoms with van der Waals surface area (Å²) in [5.74, 6) is 1.96. The smallest absolute Gasteiger partial charge is 0.203 e. The monoisotopic (exact) mass is 357 g/mol. The average Bonchev–Trinajstić information content (AvgIpc) is 3.17. The summed E-state index contributed by atoms with van der Waals surface area (Å²) >= 11 is 1.60. The highest BCUT2D eigenvalue weighted by Gasteiger charge is 2.28. The molecule has 6 heteroatoms. The molecule has 0 N–H and O–H groups in total. The summed E-state index contributed by atoms with van der Waals surface area (Å²) in [6.07, 6.45) is 0. The quantitative estimate of drug-likeness (QED) is 0.741. The molecule has 25 heavy (non-hydrogen) atoms. The molecule has 1 aliphatic heterocycles. The Bertz CT molecular complexity index is 779. The molecular formula is C19H19NO4S. The van der Waals surface area contributed by atoms with E-state index in [0.29, 0.717) is 28.6 Å². The van der Waals surface area contributed by atoms with E-state index < -0.39 is 6.04 Å². The zero-order chi connectivity index (χ0) is 17.8. The van der Waals surface area contributed by atoms with Crippen LogP contribution >= 0.6 is 11.8 Å². The number of hydrogen-bond acceptors (Lipinski definition) is 6. The van der Waals surface area contributed by atoms with Crippen molar-refractivity contribution in [1.29, 1.82) is 0 Å². The maximum Gasteiger partial charge on any atom is 0.203 e. The minimum atomic E-state index is -0.414. The van der Waals surface area contributed by atoms with Gasteiger partial charge in [0.1, 0.15) is 6.04 Å². The Morgan fingerprint density at radius 2 is 1.68 bits per heavy atom. The van der Waals surface area contributed by atoms with Gasteiger partial charge in [-0.05, 0) is 12.1 Å². The standard InChI is InChI=1S/C19H19NO4S/c1-22-15-9-13(10-16(23-2)18(15)24-3)17(21)14-11-25-19(20-14)12-7-5-4-6-8-12/h4-10,14H,11H2,1-3H3/t14-/m0/s1. The minimum Gasteiger partial charge on any atom is -0.493 e. The fourth-order valence-electron chi connectivity index (χ4n) is 2.66. The van der Waals surface area contributed by atoms with E-state index in [0.717, 1.165) is 10.6 Å². The molecule has 2 aromatic rings. The van der Waals surface area contributed by atoms with Crippen LogP contribution in [0.4, 0.5) is 0 Å². The minimum absolute atomic E-state index is 0.0577. The van der Waals surface area contributed by atoms with Gasteiger partial charge in [-0.3, -0.25) is 9.79 Å². The highest BCUT2D eigenvalue weighted by molar-refractivity contribution is 8.14. The van der Waals surface area contributed by atoms with Crippen molar-refractivity contribution in [3.05, 3.63) is 53.6 Å². The summed E-state index contributed by atoms with van der Waals surface area (Å²) in [7, 11) is 4.59. The normalized spacial score (nSPS) is 16.3. The molecule has 0 radical (unpaired) electrons. The number of aliphatic imine (C=N–C) groups is 1. The fourth-order valence-corrected chi connectivity index (χ4v) is 3.71. The van der Waals surface area contributed by atoms with Crippen LogP contribution in [0.5, 0.6) is 17.2 Å². The molecule has 0 fully saturated rings. The highest BCUT2D eigenvalue weighted by atomic mass is 32.2. The number of thioether (sulfide) groups is 1. The zero-order valence-electron chi connectivity index (χ0n) is 14.3. The second-order valence-corrected chi connectivity index (χ2v) is 6.41. The third-order valence-corrected chi connectivity index (χ3v) is 5.02. The number of carbonyl (C=O) groups excluding carboxylic acids is 1. The van der Waals surface area contributed by atoms with Gasteiger partial charge >= 0.3 is 0 Å². The number of benzene rings is 2. The molecule has 0 unspecified atom stereocenters. The number of ketones is 1. The molecule has 0 saturated heterocycles. The van der Waals surface area contributed by atoms with Crippen LogP contribution in [0.2, 0.25) is 0 Å². The van der Waals surface area contributed by atoms with Crippen molar-refractivity contribution in [3.8, 4) is 17.2 Å². The predicted octanol–water partition coefficient (Wildman–Crippen LogP) is 3.46. The first-order valence-electron chi connectivity index (χ1n) is 7.78. The van der Waals surface area contributed by atoms with Gasteiger partial charge in [-0.25, -0.2) is 0 Å². The molecule has 130 valence electrons. The fraction of sp³-hybridized carbons (Fsp3) is 0.263. The van der Waals surface area contributed by atoms with Gasteiger partial charge in [-0.15, -0.1) is 11.8 Å². The number of nitrogens with zero attached hydrogens (tertiary/aromatic N) is 1. The van der Waals surface area contributed by atoms with E-state index in [-0.39, 0.29) is 5.78 Å². The van der Waals surface area contributed by atoms with Crippen molar-refractivity contribution in [2.75, 3.05) is 27.1 Å². The number of rotatable bonds is 6. The summed E-state index contributed by atoms with van der Waals surface area (Å²) in [5, 5.41) is 0.895. The van der Waals surface area contributed by atoms with Crippen molar-refractivity contribution < 1.29 is 19.0 Å². The Hall–Kier alpha value is -2.47. The van der Waals surface area contributed by atoms with E-state index in [4.69, 9.17) is 14.2 Å². The second kappa shape index (κ2) is 7.61. The lowest BCUT2D eigenvalue weighted by atomic mass is 10.0. The lowest BCUT2D eigenvalue weighted by molar-refractivity contribution is 0.0971. The van der Waals surface area contributed by atoms with E-state index in [1.165, 1.54) is 21.3 Å². The summed E-state index contributed by atoms with van der Waals surface area (Å²) in [6.45, 7) is 0. The van der Waals surface area contributed by atoms with Crippen LogP contribution in [0.3, 0.4) is 0 Å². The van der Waals surface area contributed by atoms with Gasteiger partial charge in [0.2, 0.25) is 5.75 Å². The molecule has 5 nitrogen and oxygen atoms in total. The molecule has 2 aromatic carbocycles. The van der Waals surface area contributed by atoms with Crippen LogP contribution in [0.25, 0.3) is 0 Å². The molecular weight excluding hydrogens is 338 g/mol. The first-order chi connectivity index (χ1) is 12.2. The lowest BCUT2D eigenvalue weighted by Crippen LogP contribution is -2.19. The van der Waals surface area contributed by atoms with Crippen LogP contribution < -0.4 is 14.2 Å². The second-order valence-electron chi connectivity index (χ2n) is 5.41. The Balaban J connectivity index is 1.90. The topological polar surface area (TPSA) is 57.1 Å². The number of methoxy groups -OCH3 is 3. The molecule has 0 amide bonds. The molecule has 3 rings (SSSR count). The van der Waals surface area contributed by atoms with Crippen molar-refractivity contribution >= 4 is 22.6 Å². The van der Waals surface area contributed by atoms with Crippen molar-refractivity contribution in [3.63, 3.8) is 0 Å². The Morgan fingerprint density at radius 3 is 2.24 bits per heavy atom. The number of Topliss-reactive ketones (excluding diaryl/α,β-unsaturated/α-hetero) is 1.